The molecular formula is C16H16ClN7O. The third kappa shape index (κ3) is 2.89. The maximum atomic E-state index is 12.3. The molecule has 128 valence electrons. The van der Waals surface area contributed by atoms with Crippen LogP contribution in [0.15, 0.2) is 30.6 Å². The van der Waals surface area contributed by atoms with Crippen LogP contribution in [0.3, 0.4) is 0 Å². The standard InChI is InChI=1S/C16H16ClN7O/c1-2-24-15-13(21-22-24)14(18-9-19-15)23-7-10(8-23)16(25)20-12-5-3-11(17)4-6-12/h3-6,9-10H,2,7-8H2,1H3,(H,20,25). The van der Waals surface area contributed by atoms with Gasteiger partial charge in [-0.15, -0.1) is 5.10 Å². The van der Waals surface area contributed by atoms with Gasteiger partial charge in [0.25, 0.3) is 0 Å². The van der Waals surface area contributed by atoms with E-state index in [-0.39, 0.29) is 11.8 Å². The normalized spacial score (nSPS) is 14.6. The number of hydrogen-bond acceptors (Lipinski definition) is 6. The first kappa shape index (κ1) is 15.8. The molecule has 0 spiro atoms. The Bertz CT molecular complexity index is 918. The van der Waals surface area contributed by atoms with E-state index in [1.165, 1.54) is 6.33 Å². The Morgan fingerprint density at radius 3 is 2.76 bits per heavy atom. The predicted octanol–water partition coefficient (Wildman–Crippen LogP) is 1.97. The number of nitrogens with zero attached hydrogens (tertiary/aromatic N) is 6. The summed E-state index contributed by atoms with van der Waals surface area (Å²) in [5.74, 6) is 0.614. The second kappa shape index (κ2) is 6.29. The molecule has 0 unspecified atom stereocenters. The monoisotopic (exact) mass is 357 g/mol. The molecule has 1 fully saturated rings. The van der Waals surface area contributed by atoms with Crippen molar-refractivity contribution in [3.8, 4) is 0 Å². The van der Waals surface area contributed by atoms with Crippen molar-refractivity contribution in [2.45, 2.75) is 13.5 Å². The molecule has 3 aromatic rings. The lowest BCUT2D eigenvalue weighted by atomic mass is 9.99. The summed E-state index contributed by atoms with van der Waals surface area (Å²) >= 11 is 5.85. The van der Waals surface area contributed by atoms with Gasteiger partial charge in [-0.05, 0) is 31.2 Å². The molecule has 9 heteroatoms. The van der Waals surface area contributed by atoms with Gasteiger partial charge in [-0.1, -0.05) is 16.8 Å². The molecule has 1 N–H and O–H groups in total. The highest BCUT2D eigenvalue weighted by molar-refractivity contribution is 6.30. The smallest absolute Gasteiger partial charge is 0.231 e. The fraction of sp³-hybridized carbons (Fsp3) is 0.312. The molecule has 3 heterocycles. The molecule has 4 rings (SSSR count). The van der Waals surface area contributed by atoms with Gasteiger partial charge in [-0.25, -0.2) is 14.6 Å². The molecule has 1 aliphatic rings. The number of carbonyl (C=O) groups is 1. The summed E-state index contributed by atoms with van der Waals surface area (Å²) < 4.78 is 1.73. The number of hydrogen-bond donors (Lipinski definition) is 1. The number of anilines is 2. The fourth-order valence-electron chi connectivity index (χ4n) is 2.82. The first-order valence-electron chi connectivity index (χ1n) is 8.01. The van der Waals surface area contributed by atoms with E-state index in [0.29, 0.717) is 35.8 Å². The minimum atomic E-state index is -0.0955. The van der Waals surface area contributed by atoms with Gasteiger partial charge in [-0.2, -0.15) is 0 Å². The number of fused-ring (bicyclic) bond motifs is 1. The SMILES string of the molecule is CCn1nnc2c(N3CC(C(=O)Nc4ccc(Cl)cc4)C3)ncnc21. The molecule has 0 radical (unpaired) electrons. The average molecular weight is 358 g/mol. The second-order valence-corrected chi connectivity index (χ2v) is 6.31. The van der Waals surface area contributed by atoms with Crippen LogP contribution in [0.1, 0.15) is 6.92 Å². The van der Waals surface area contributed by atoms with Crippen LogP contribution in [0.2, 0.25) is 5.02 Å². The highest BCUT2D eigenvalue weighted by Crippen LogP contribution is 2.28. The molecule has 1 amide bonds. The lowest BCUT2D eigenvalue weighted by Crippen LogP contribution is -2.52. The molecule has 1 aliphatic heterocycles. The number of carbonyl (C=O) groups excluding carboxylic acids is 1. The molecule has 0 atom stereocenters. The highest BCUT2D eigenvalue weighted by Gasteiger charge is 2.35. The number of nitrogens with one attached hydrogen (secondary N) is 1. The first-order chi connectivity index (χ1) is 12.2. The van der Waals surface area contributed by atoms with Crippen LogP contribution in [0.25, 0.3) is 11.2 Å². The number of amides is 1. The predicted molar refractivity (Wildman–Crippen MR) is 94.6 cm³/mol. The van der Waals surface area contributed by atoms with E-state index in [2.05, 4.69) is 25.6 Å². The first-order valence-corrected chi connectivity index (χ1v) is 8.39. The van der Waals surface area contributed by atoms with Crippen molar-refractivity contribution in [2.75, 3.05) is 23.3 Å². The highest BCUT2D eigenvalue weighted by atomic mass is 35.5. The third-order valence-corrected chi connectivity index (χ3v) is 4.50. The molecule has 25 heavy (non-hydrogen) atoms. The van der Waals surface area contributed by atoms with Crippen molar-refractivity contribution in [1.82, 2.24) is 25.0 Å². The maximum absolute atomic E-state index is 12.3. The lowest BCUT2D eigenvalue weighted by Gasteiger charge is -2.38. The second-order valence-electron chi connectivity index (χ2n) is 5.87. The van der Waals surface area contributed by atoms with Gasteiger partial charge in [0.1, 0.15) is 6.33 Å². The summed E-state index contributed by atoms with van der Waals surface area (Å²) in [6, 6.07) is 7.07. The van der Waals surface area contributed by atoms with Crippen LogP contribution in [-0.2, 0) is 11.3 Å². The zero-order valence-electron chi connectivity index (χ0n) is 13.6. The summed E-state index contributed by atoms with van der Waals surface area (Å²) in [7, 11) is 0. The van der Waals surface area contributed by atoms with Gasteiger partial charge in [-0.3, -0.25) is 4.79 Å². The molecule has 0 saturated carbocycles. The third-order valence-electron chi connectivity index (χ3n) is 4.24. The van der Waals surface area contributed by atoms with Crippen molar-refractivity contribution in [3.05, 3.63) is 35.6 Å². The summed E-state index contributed by atoms with van der Waals surface area (Å²) in [5, 5.41) is 11.8. The Kier molecular flexibility index (Phi) is 3.96. The fourth-order valence-corrected chi connectivity index (χ4v) is 2.95. The largest absolute Gasteiger partial charge is 0.353 e. The van der Waals surface area contributed by atoms with Gasteiger partial charge in [0.15, 0.2) is 17.0 Å². The van der Waals surface area contributed by atoms with Crippen LogP contribution >= 0.6 is 11.6 Å². The van der Waals surface area contributed by atoms with Crippen molar-refractivity contribution < 1.29 is 4.79 Å². The van der Waals surface area contributed by atoms with Crippen molar-refractivity contribution >= 4 is 40.2 Å². The van der Waals surface area contributed by atoms with E-state index >= 15 is 0 Å². The van der Waals surface area contributed by atoms with Gasteiger partial charge >= 0.3 is 0 Å². The van der Waals surface area contributed by atoms with E-state index in [1.54, 1.807) is 28.9 Å². The quantitative estimate of drug-likeness (QED) is 0.768. The van der Waals surface area contributed by atoms with Crippen LogP contribution in [-0.4, -0.2) is 44.0 Å². The Hall–Kier alpha value is -2.74. The molecule has 1 aromatic carbocycles. The molecule has 2 aromatic heterocycles. The minimum absolute atomic E-state index is 0.0129. The summed E-state index contributed by atoms with van der Waals surface area (Å²) in [5.41, 5.74) is 2.12. The van der Waals surface area contributed by atoms with Gasteiger partial charge in [0.05, 0.1) is 5.92 Å². The number of benzene rings is 1. The zero-order valence-corrected chi connectivity index (χ0v) is 14.3. The maximum Gasteiger partial charge on any atom is 0.231 e. The van der Waals surface area contributed by atoms with Crippen molar-refractivity contribution in [3.63, 3.8) is 0 Å². The van der Waals surface area contributed by atoms with Crippen LogP contribution in [0.5, 0.6) is 0 Å². The van der Waals surface area contributed by atoms with Gasteiger partial charge < -0.3 is 10.2 Å². The number of aromatic nitrogens is 5. The van der Waals surface area contributed by atoms with E-state index in [0.717, 1.165) is 11.5 Å². The zero-order chi connectivity index (χ0) is 17.4. The van der Waals surface area contributed by atoms with Gasteiger partial charge in [0, 0.05) is 30.3 Å². The van der Waals surface area contributed by atoms with E-state index in [4.69, 9.17) is 11.6 Å². The average Bonchev–Trinajstić information content (AvgIpc) is 2.99. The Morgan fingerprint density at radius 2 is 2.04 bits per heavy atom. The molecule has 0 aliphatic carbocycles. The topological polar surface area (TPSA) is 88.8 Å². The van der Waals surface area contributed by atoms with E-state index in [1.807, 2.05) is 11.8 Å². The minimum Gasteiger partial charge on any atom is -0.353 e. The van der Waals surface area contributed by atoms with E-state index < -0.39 is 0 Å². The molecule has 8 nitrogen and oxygen atoms in total. The summed E-state index contributed by atoms with van der Waals surface area (Å²) in [4.78, 5) is 22.9. The van der Waals surface area contributed by atoms with Crippen molar-refractivity contribution in [2.24, 2.45) is 5.92 Å². The van der Waals surface area contributed by atoms with Crippen LogP contribution in [0, 0.1) is 5.92 Å². The Balaban J connectivity index is 1.44. The van der Waals surface area contributed by atoms with Crippen LogP contribution in [0.4, 0.5) is 11.5 Å². The van der Waals surface area contributed by atoms with E-state index in [9.17, 15) is 4.79 Å². The molecular weight excluding hydrogens is 342 g/mol. The van der Waals surface area contributed by atoms with Crippen LogP contribution < -0.4 is 10.2 Å². The molecule has 0 bridgehead atoms. The number of aryl methyl sites for hydroxylation is 1. The van der Waals surface area contributed by atoms with Crippen molar-refractivity contribution in [1.29, 1.82) is 0 Å². The number of halogens is 1. The Morgan fingerprint density at radius 1 is 1.28 bits per heavy atom. The Labute approximate surface area is 148 Å². The van der Waals surface area contributed by atoms with Gasteiger partial charge in [0.2, 0.25) is 5.91 Å². The summed E-state index contributed by atoms with van der Waals surface area (Å²) in [6.07, 6.45) is 1.51. The number of rotatable bonds is 4. The lowest BCUT2D eigenvalue weighted by molar-refractivity contribution is -0.120. The molecule has 1 saturated heterocycles. The summed E-state index contributed by atoms with van der Waals surface area (Å²) in [6.45, 7) is 3.85.